The number of nitrogens with one attached hydrogen (secondary N) is 1. The maximum atomic E-state index is 12.8. The Kier molecular flexibility index (Phi) is 4.87. The second-order valence-corrected chi connectivity index (χ2v) is 3.62. The summed E-state index contributed by atoms with van der Waals surface area (Å²) in [4.78, 5) is 11.1. The summed E-state index contributed by atoms with van der Waals surface area (Å²) in [5.74, 6) is -2.88. The van der Waals surface area contributed by atoms with Gasteiger partial charge in [-0.15, -0.1) is 0 Å². The van der Waals surface area contributed by atoms with Crippen LogP contribution in [0, 0.1) is 0 Å². The van der Waals surface area contributed by atoms with Crippen molar-refractivity contribution in [2.24, 2.45) is 0 Å². The van der Waals surface area contributed by atoms with Gasteiger partial charge in [-0.3, -0.25) is 0 Å². The Hall–Kier alpha value is -1.65. The molecule has 1 N–H and O–H groups in total. The third kappa shape index (κ3) is 5.29. The molecule has 0 aliphatic heterocycles. The third-order valence-electron chi connectivity index (χ3n) is 2.22. The second kappa shape index (κ2) is 6.18. The number of hydrogen-bond acceptors (Lipinski definition) is 2. The Bertz CT molecular complexity index is 355. The van der Waals surface area contributed by atoms with E-state index in [1.165, 1.54) is 6.92 Å². The fraction of sp³-hybridized carbons (Fsp3) is 0.417. The molecular weight excluding hydrogens is 228 g/mol. The van der Waals surface area contributed by atoms with E-state index >= 15 is 0 Å². The van der Waals surface area contributed by atoms with Crippen LogP contribution in [-0.2, 0) is 11.3 Å². The van der Waals surface area contributed by atoms with Crippen LogP contribution in [0.2, 0.25) is 0 Å². The van der Waals surface area contributed by atoms with Crippen molar-refractivity contribution in [3.05, 3.63) is 35.9 Å². The molecule has 0 unspecified atom stereocenters. The maximum Gasteiger partial charge on any atom is 0.407 e. The molecule has 5 heteroatoms. The zero-order chi connectivity index (χ0) is 12.7. The van der Waals surface area contributed by atoms with Crippen molar-refractivity contribution in [2.75, 3.05) is 6.54 Å². The highest BCUT2D eigenvalue weighted by Gasteiger charge is 2.26. The largest absolute Gasteiger partial charge is 0.445 e. The van der Waals surface area contributed by atoms with Crippen LogP contribution < -0.4 is 5.32 Å². The molecule has 0 atom stereocenters. The zero-order valence-corrected chi connectivity index (χ0v) is 9.58. The normalized spacial score (nSPS) is 11.0. The van der Waals surface area contributed by atoms with Crippen LogP contribution in [0.3, 0.4) is 0 Å². The lowest BCUT2D eigenvalue weighted by atomic mass is 10.2. The molecule has 0 saturated heterocycles. The fourth-order valence-corrected chi connectivity index (χ4v) is 1.10. The highest BCUT2D eigenvalue weighted by Crippen LogP contribution is 2.15. The van der Waals surface area contributed by atoms with E-state index < -0.39 is 18.6 Å². The molecule has 0 fully saturated rings. The molecule has 1 aromatic carbocycles. The second-order valence-electron chi connectivity index (χ2n) is 3.62. The van der Waals surface area contributed by atoms with Crippen molar-refractivity contribution in [1.29, 1.82) is 0 Å². The molecule has 0 bridgehead atoms. The van der Waals surface area contributed by atoms with E-state index in [2.05, 4.69) is 0 Å². The molecule has 0 heterocycles. The Morgan fingerprint density at radius 2 is 2.00 bits per heavy atom. The number of carbonyl (C=O) groups excluding carboxylic acids is 1. The lowest BCUT2D eigenvalue weighted by Gasteiger charge is -2.14. The molecule has 0 spiro atoms. The van der Waals surface area contributed by atoms with Crippen LogP contribution in [0.15, 0.2) is 30.3 Å². The number of ether oxygens (including phenoxy) is 1. The SMILES string of the molecule is CCC(F)(F)CNC(=O)OCc1ccccc1. The first-order valence-electron chi connectivity index (χ1n) is 5.36. The van der Waals surface area contributed by atoms with Crippen LogP contribution in [0.25, 0.3) is 0 Å². The number of amides is 1. The van der Waals surface area contributed by atoms with Crippen molar-refractivity contribution < 1.29 is 18.3 Å². The minimum Gasteiger partial charge on any atom is -0.445 e. The van der Waals surface area contributed by atoms with Gasteiger partial charge in [0.1, 0.15) is 6.61 Å². The molecule has 1 aromatic rings. The van der Waals surface area contributed by atoms with Gasteiger partial charge in [-0.25, -0.2) is 13.6 Å². The number of rotatable bonds is 5. The smallest absolute Gasteiger partial charge is 0.407 e. The predicted octanol–water partition coefficient (Wildman–Crippen LogP) is 2.96. The summed E-state index contributed by atoms with van der Waals surface area (Å²) in [6, 6.07) is 9.02. The molecule has 94 valence electrons. The van der Waals surface area contributed by atoms with Gasteiger partial charge < -0.3 is 10.1 Å². The third-order valence-corrected chi connectivity index (χ3v) is 2.22. The highest BCUT2D eigenvalue weighted by molar-refractivity contribution is 5.67. The van der Waals surface area contributed by atoms with Crippen molar-refractivity contribution >= 4 is 6.09 Å². The zero-order valence-electron chi connectivity index (χ0n) is 9.58. The summed E-state index contributed by atoms with van der Waals surface area (Å²) in [6.07, 6.45) is -1.15. The van der Waals surface area contributed by atoms with Crippen molar-refractivity contribution in [3.8, 4) is 0 Å². The molecule has 0 aliphatic carbocycles. The van der Waals surface area contributed by atoms with Crippen LogP contribution in [-0.4, -0.2) is 18.6 Å². The van der Waals surface area contributed by atoms with Crippen LogP contribution in [0.5, 0.6) is 0 Å². The average molecular weight is 243 g/mol. The number of halogens is 2. The monoisotopic (exact) mass is 243 g/mol. The van der Waals surface area contributed by atoms with Gasteiger partial charge in [-0.2, -0.15) is 0 Å². The van der Waals surface area contributed by atoms with Gasteiger partial charge in [0.15, 0.2) is 0 Å². The molecular formula is C12H15F2NO2. The van der Waals surface area contributed by atoms with Crippen LogP contribution in [0.4, 0.5) is 13.6 Å². The van der Waals surface area contributed by atoms with Gasteiger partial charge in [-0.05, 0) is 5.56 Å². The number of carbonyl (C=O) groups is 1. The van der Waals surface area contributed by atoms with Crippen LogP contribution in [0.1, 0.15) is 18.9 Å². The number of alkyl halides is 2. The van der Waals surface area contributed by atoms with Gasteiger partial charge in [-0.1, -0.05) is 37.3 Å². The van der Waals surface area contributed by atoms with E-state index in [4.69, 9.17) is 4.74 Å². The number of alkyl carbamates (subject to hydrolysis) is 1. The molecule has 0 aromatic heterocycles. The average Bonchev–Trinajstić information content (AvgIpc) is 2.35. The lowest BCUT2D eigenvalue weighted by Crippen LogP contribution is -2.36. The molecule has 17 heavy (non-hydrogen) atoms. The van der Waals surface area contributed by atoms with Gasteiger partial charge in [0, 0.05) is 6.42 Å². The molecule has 0 aliphatic rings. The van der Waals surface area contributed by atoms with E-state index in [9.17, 15) is 13.6 Å². The van der Waals surface area contributed by atoms with Gasteiger partial charge >= 0.3 is 6.09 Å². The Labute approximate surface area is 98.8 Å². The maximum absolute atomic E-state index is 12.8. The summed E-state index contributed by atoms with van der Waals surface area (Å²) in [6.45, 7) is 0.735. The van der Waals surface area contributed by atoms with E-state index in [0.717, 1.165) is 5.56 Å². The quantitative estimate of drug-likeness (QED) is 0.863. The minimum absolute atomic E-state index is 0.0738. The Morgan fingerprint density at radius 3 is 2.59 bits per heavy atom. The van der Waals surface area contributed by atoms with E-state index in [1.807, 2.05) is 23.5 Å². The summed E-state index contributed by atoms with van der Waals surface area (Å²) in [5, 5.41) is 2.03. The van der Waals surface area contributed by atoms with Gasteiger partial charge in [0.2, 0.25) is 0 Å². The van der Waals surface area contributed by atoms with Crippen molar-refractivity contribution in [3.63, 3.8) is 0 Å². The molecule has 0 radical (unpaired) electrons. The summed E-state index contributed by atoms with van der Waals surface area (Å²) in [7, 11) is 0. The fourth-order valence-electron chi connectivity index (χ4n) is 1.10. The summed E-state index contributed by atoms with van der Waals surface area (Å²) in [5.41, 5.74) is 0.810. The van der Waals surface area contributed by atoms with Crippen LogP contribution >= 0.6 is 0 Å². The van der Waals surface area contributed by atoms with Crippen molar-refractivity contribution in [2.45, 2.75) is 25.9 Å². The number of benzene rings is 1. The Balaban J connectivity index is 2.27. The molecule has 1 amide bonds. The first kappa shape index (κ1) is 13.4. The summed E-state index contributed by atoms with van der Waals surface area (Å²) >= 11 is 0. The summed E-state index contributed by atoms with van der Waals surface area (Å²) < 4.78 is 30.4. The number of hydrogen-bond donors (Lipinski definition) is 1. The topological polar surface area (TPSA) is 38.3 Å². The highest BCUT2D eigenvalue weighted by atomic mass is 19.3. The van der Waals surface area contributed by atoms with Gasteiger partial charge in [0.05, 0.1) is 6.54 Å². The predicted molar refractivity (Wildman–Crippen MR) is 59.9 cm³/mol. The first-order valence-corrected chi connectivity index (χ1v) is 5.36. The van der Waals surface area contributed by atoms with Gasteiger partial charge in [0.25, 0.3) is 5.92 Å². The van der Waals surface area contributed by atoms with E-state index in [1.54, 1.807) is 12.1 Å². The standard InChI is InChI=1S/C12H15F2NO2/c1-2-12(13,14)9-15-11(16)17-8-10-6-4-3-5-7-10/h3-7H,2,8-9H2,1H3,(H,15,16). The van der Waals surface area contributed by atoms with Crippen molar-refractivity contribution in [1.82, 2.24) is 5.32 Å². The molecule has 0 saturated carbocycles. The minimum atomic E-state index is -2.88. The van der Waals surface area contributed by atoms with E-state index in [0.29, 0.717) is 0 Å². The lowest BCUT2D eigenvalue weighted by molar-refractivity contribution is -0.00226. The first-order chi connectivity index (χ1) is 8.03. The Morgan fingerprint density at radius 1 is 1.35 bits per heavy atom. The van der Waals surface area contributed by atoms with E-state index in [-0.39, 0.29) is 13.0 Å². The molecule has 3 nitrogen and oxygen atoms in total. The molecule has 1 rings (SSSR count).